The van der Waals surface area contributed by atoms with Crippen molar-refractivity contribution < 1.29 is 14.3 Å². The first kappa shape index (κ1) is 12.7. The Morgan fingerprint density at radius 2 is 2.22 bits per heavy atom. The fourth-order valence-electron chi connectivity index (χ4n) is 2.38. The summed E-state index contributed by atoms with van der Waals surface area (Å²) in [6.07, 6.45) is 4.59. The molecule has 1 aromatic carbocycles. The summed E-state index contributed by atoms with van der Waals surface area (Å²) in [6, 6.07) is 6.02. The van der Waals surface area contributed by atoms with Crippen molar-refractivity contribution in [2.45, 2.75) is 26.2 Å². The van der Waals surface area contributed by atoms with Crippen molar-refractivity contribution in [2.24, 2.45) is 0 Å². The fourth-order valence-corrected chi connectivity index (χ4v) is 2.38. The molecule has 0 spiro atoms. The SMILES string of the molecule is CCOC(=O)/C=C1\CCCc2cccc(OC)c21. The molecule has 0 radical (unpaired) electrons. The molecule has 0 N–H and O–H groups in total. The van der Waals surface area contributed by atoms with E-state index in [1.807, 2.05) is 19.1 Å². The Morgan fingerprint density at radius 1 is 1.39 bits per heavy atom. The Labute approximate surface area is 107 Å². The van der Waals surface area contributed by atoms with Gasteiger partial charge in [0.1, 0.15) is 5.75 Å². The van der Waals surface area contributed by atoms with Crippen LogP contribution in [0.25, 0.3) is 5.57 Å². The number of esters is 1. The van der Waals surface area contributed by atoms with Gasteiger partial charge in [-0.25, -0.2) is 4.79 Å². The second kappa shape index (κ2) is 5.71. The molecule has 0 aliphatic heterocycles. The molecule has 0 heterocycles. The molecule has 1 aliphatic carbocycles. The van der Waals surface area contributed by atoms with Gasteiger partial charge in [-0.2, -0.15) is 0 Å². The highest BCUT2D eigenvalue weighted by Crippen LogP contribution is 2.37. The van der Waals surface area contributed by atoms with Gasteiger partial charge in [-0.3, -0.25) is 0 Å². The van der Waals surface area contributed by atoms with Crippen molar-refractivity contribution in [3.63, 3.8) is 0 Å². The molecule has 0 fully saturated rings. The second-order valence-corrected chi connectivity index (χ2v) is 4.27. The number of rotatable bonds is 3. The number of carbonyl (C=O) groups is 1. The lowest BCUT2D eigenvalue weighted by atomic mass is 9.86. The molecule has 18 heavy (non-hydrogen) atoms. The Bertz CT molecular complexity index is 460. The summed E-state index contributed by atoms with van der Waals surface area (Å²) in [5, 5.41) is 0. The minimum absolute atomic E-state index is 0.272. The molecule has 0 unspecified atom stereocenters. The summed E-state index contributed by atoms with van der Waals surface area (Å²) in [4.78, 5) is 11.6. The van der Waals surface area contributed by atoms with Crippen LogP contribution in [-0.4, -0.2) is 19.7 Å². The summed E-state index contributed by atoms with van der Waals surface area (Å²) in [7, 11) is 1.66. The van der Waals surface area contributed by atoms with Gasteiger partial charge in [0.25, 0.3) is 0 Å². The van der Waals surface area contributed by atoms with Crippen LogP contribution in [0, 0.1) is 0 Å². The first-order valence-electron chi connectivity index (χ1n) is 6.29. The van der Waals surface area contributed by atoms with E-state index in [1.54, 1.807) is 13.2 Å². The predicted octanol–water partition coefficient (Wildman–Crippen LogP) is 2.98. The number of hydrogen-bond acceptors (Lipinski definition) is 3. The Kier molecular flexibility index (Phi) is 4.03. The van der Waals surface area contributed by atoms with Crippen LogP contribution in [0.5, 0.6) is 5.75 Å². The zero-order valence-corrected chi connectivity index (χ0v) is 10.9. The normalized spacial score (nSPS) is 16.2. The predicted molar refractivity (Wildman–Crippen MR) is 70.5 cm³/mol. The van der Waals surface area contributed by atoms with Gasteiger partial charge in [0, 0.05) is 11.6 Å². The van der Waals surface area contributed by atoms with E-state index in [-0.39, 0.29) is 5.97 Å². The third-order valence-corrected chi connectivity index (χ3v) is 3.12. The van der Waals surface area contributed by atoms with E-state index in [4.69, 9.17) is 9.47 Å². The quantitative estimate of drug-likeness (QED) is 0.607. The molecule has 0 saturated carbocycles. The highest BCUT2D eigenvalue weighted by molar-refractivity contribution is 5.93. The van der Waals surface area contributed by atoms with Crippen molar-refractivity contribution in [3.05, 3.63) is 35.4 Å². The van der Waals surface area contributed by atoms with Crippen LogP contribution in [0.4, 0.5) is 0 Å². The van der Waals surface area contributed by atoms with Gasteiger partial charge in [-0.05, 0) is 43.4 Å². The Balaban J connectivity index is 2.40. The zero-order valence-electron chi connectivity index (χ0n) is 10.9. The average molecular weight is 246 g/mol. The maximum atomic E-state index is 11.6. The molecule has 3 heteroatoms. The molecule has 96 valence electrons. The van der Waals surface area contributed by atoms with Gasteiger partial charge >= 0.3 is 5.97 Å². The molecule has 0 aromatic heterocycles. The topological polar surface area (TPSA) is 35.5 Å². The van der Waals surface area contributed by atoms with Crippen LogP contribution < -0.4 is 4.74 Å². The van der Waals surface area contributed by atoms with Crippen molar-refractivity contribution in [1.29, 1.82) is 0 Å². The third kappa shape index (κ3) is 2.55. The minimum atomic E-state index is -0.272. The van der Waals surface area contributed by atoms with E-state index in [1.165, 1.54) is 5.56 Å². The van der Waals surface area contributed by atoms with E-state index >= 15 is 0 Å². The first-order valence-corrected chi connectivity index (χ1v) is 6.29. The van der Waals surface area contributed by atoms with Crippen LogP contribution in [0.15, 0.2) is 24.3 Å². The average Bonchev–Trinajstić information content (AvgIpc) is 2.38. The van der Waals surface area contributed by atoms with Crippen LogP contribution in [0.3, 0.4) is 0 Å². The molecular weight excluding hydrogens is 228 g/mol. The van der Waals surface area contributed by atoms with Gasteiger partial charge in [0.05, 0.1) is 13.7 Å². The molecule has 3 nitrogen and oxygen atoms in total. The van der Waals surface area contributed by atoms with E-state index in [0.29, 0.717) is 6.61 Å². The molecule has 0 amide bonds. The second-order valence-electron chi connectivity index (χ2n) is 4.27. The molecular formula is C15H18O3. The van der Waals surface area contributed by atoms with Crippen molar-refractivity contribution >= 4 is 11.5 Å². The number of carbonyl (C=O) groups excluding carboxylic acids is 1. The van der Waals surface area contributed by atoms with Crippen LogP contribution in [-0.2, 0) is 16.0 Å². The van der Waals surface area contributed by atoms with Gasteiger partial charge < -0.3 is 9.47 Å². The molecule has 1 aliphatic rings. The molecule has 1 aromatic rings. The lowest BCUT2D eigenvalue weighted by molar-refractivity contribution is -0.137. The lowest BCUT2D eigenvalue weighted by Crippen LogP contribution is -2.07. The highest BCUT2D eigenvalue weighted by Gasteiger charge is 2.19. The number of hydrogen-bond donors (Lipinski definition) is 0. The Hall–Kier alpha value is -1.77. The molecule has 0 atom stereocenters. The maximum absolute atomic E-state index is 11.6. The minimum Gasteiger partial charge on any atom is -0.496 e. The van der Waals surface area contributed by atoms with Gasteiger partial charge in [-0.1, -0.05) is 12.1 Å². The number of aryl methyl sites for hydroxylation is 1. The largest absolute Gasteiger partial charge is 0.496 e. The van der Waals surface area contributed by atoms with Gasteiger partial charge in [0.15, 0.2) is 0 Å². The number of methoxy groups -OCH3 is 1. The standard InChI is InChI=1S/C15H18O3/c1-3-18-14(16)10-12-8-4-6-11-7-5-9-13(17-2)15(11)12/h5,7,9-10H,3-4,6,8H2,1-2H3/b12-10+. The summed E-state index contributed by atoms with van der Waals surface area (Å²) in [6.45, 7) is 2.22. The molecule has 2 rings (SSSR count). The zero-order chi connectivity index (χ0) is 13.0. The molecule has 0 bridgehead atoms. The lowest BCUT2D eigenvalue weighted by Gasteiger charge is -2.21. The smallest absolute Gasteiger partial charge is 0.331 e. The van der Waals surface area contributed by atoms with Gasteiger partial charge in [0.2, 0.25) is 0 Å². The first-order chi connectivity index (χ1) is 8.76. The van der Waals surface area contributed by atoms with Crippen molar-refractivity contribution in [2.75, 3.05) is 13.7 Å². The number of allylic oxidation sites excluding steroid dienone is 1. The number of benzene rings is 1. The van der Waals surface area contributed by atoms with E-state index in [9.17, 15) is 4.79 Å². The van der Waals surface area contributed by atoms with E-state index < -0.39 is 0 Å². The Morgan fingerprint density at radius 3 is 2.94 bits per heavy atom. The summed E-state index contributed by atoms with van der Waals surface area (Å²) < 4.78 is 10.4. The number of ether oxygens (including phenoxy) is 2. The highest BCUT2D eigenvalue weighted by atomic mass is 16.5. The van der Waals surface area contributed by atoms with Crippen LogP contribution in [0.1, 0.15) is 30.9 Å². The fraction of sp³-hybridized carbons (Fsp3) is 0.400. The van der Waals surface area contributed by atoms with Gasteiger partial charge in [-0.15, -0.1) is 0 Å². The van der Waals surface area contributed by atoms with Crippen LogP contribution >= 0.6 is 0 Å². The molecule has 0 saturated heterocycles. The van der Waals surface area contributed by atoms with E-state index in [0.717, 1.165) is 36.1 Å². The van der Waals surface area contributed by atoms with E-state index in [2.05, 4.69) is 6.07 Å². The summed E-state index contributed by atoms with van der Waals surface area (Å²) in [5.41, 5.74) is 3.34. The third-order valence-electron chi connectivity index (χ3n) is 3.12. The maximum Gasteiger partial charge on any atom is 0.331 e. The van der Waals surface area contributed by atoms with Crippen molar-refractivity contribution in [3.8, 4) is 5.75 Å². The summed E-state index contributed by atoms with van der Waals surface area (Å²) in [5.74, 6) is 0.564. The number of fused-ring (bicyclic) bond motifs is 1. The van der Waals surface area contributed by atoms with Crippen molar-refractivity contribution in [1.82, 2.24) is 0 Å². The monoisotopic (exact) mass is 246 g/mol. The van der Waals surface area contributed by atoms with Crippen LogP contribution in [0.2, 0.25) is 0 Å². The summed E-state index contributed by atoms with van der Waals surface area (Å²) >= 11 is 0.